The molecule has 0 bridgehead atoms. The Morgan fingerprint density at radius 2 is 2.06 bits per heavy atom. The van der Waals surface area contributed by atoms with Crippen LogP contribution < -0.4 is 0 Å². The Bertz CT molecular complexity index is 393. The van der Waals surface area contributed by atoms with Gasteiger partial charge >= 0.3 is 0 Å². The fraction of sp³-hybridized carbons (Fsp3) is 0.364. The molecule has 1 aromatic carbocycles. The van der Waals surface area contributed by atoms with E-state index in [1.54, 1.807) is 11.9 Å². The monoisotopic (exact) mass is 287 g/mol. The van der Waals surface area contributed by atoms with Crippen molar-refractivity contribution in [2.75, 3.05) is 13.6 Å². The highest BCUT2D eigenvalue weighted by Crippen LogP contribution is 2.25. The molecule has 4 nitrogen and oxygen atoms in total. The Balaban J connectivity index is 2.84. The zero-order valence-corrected chi connectivity index (χ0v) is 10.7. The number of hydrogen-bond acceptors (Lipinski definition) is 3. The summed E-state index contributed by atoms with van der Waals surface area (Å²) in [6.07, 6.45) is 0. The topological polar surface area (TPSA) is 60.8 Å². The molecule has 0 spiro atoms. The summed E-state index contributed by atoms with van der Waals surface area (Å²) in [5.41, 5.74) is 0.353. The summed E-state index contributed by atoms with van der Waals surface area (Å²) in [5, 5.41) is 18.4. The van der Waals surface area contributed by atoms with Crippen molar-refractivity contribution < 1.29 is 15.0 Å². The molecule has 2 N–H and O–H groups in total. The fourth-order valence-electron chi connectivity index (χ4n) is 1.34. The summed E-state index contributed by atoms with van der Waals surface area (Å²) >= 11 is 3.36. The third-order valence-corrected chi connectivity index (χ3v) is 2.38. The quantitative estimate of drug-likeness (QED) is 0.660. The Morgan fingerprint density at radius 1 is 1.44 bits per heavy atom. The third kappa shape index (κ3) is 3.13. The van der Waals surface area contributed by atoms with Crippen LogP contribution in [0.5, 0.6) is 11.5 Å². The highest BCUT2D eigenvalue weighted by atomic mass is 79.9. The number of amides is 1. The summed E-state index contributed by atoms with van der Waals surface area (Å²) in [7, 11) is 1.68. The molecule has 0 aliphatic rings. The summed E-state index contributed by atoms with van der Waals surface area (Å²) in [4.78, 5) is 13.6. The minimum absolute atomic E-state index is 0.193. The smallest absolute Gasteiger partial charge is 0.253 e. The SMILES string of the molecule is CC(Br)CN(C)C(=O)c1ccc(O)c(O)c1. The number of nitrogens with zero attached hydrogens (tertiary/aromatic N) is 1. The number of rotatable bonds is 3. The van der Waals surface area contributed by atoms with E-state index >= 15 is 0 Å². The lowest BCUT2D eigenvalue weighted by Crippen LogP contribution is -2.31. The Morgan fingerprint density at radius 3 is 2.56 bits per heavy atom. The second kappa shape index (κ2) is 5.21. The highest BCUT2D eigenvalue weighted by Gasteiger charge is 2.14. The molecule has 0 fully saturated rings. The van der Waals surface area contributed by atoms with Gasteiger partial charge in [-0.15, -0.1) is 0 Å². The highest BCUT2D eigenvalue weighted by molar-refractivity contribution is 9.09. The molecule has 0 saturated carbocycles. The number of alkyl halides is 1. The largest absolute Gasteiger partial charge is 0.504 e. The van der Waals surface area contributed by atoms with Gasteiger partial charge in [0.15, 0.2) is 11.5 Å². The first-order chi connectivity index (χ1) is 7.41. The van der Waals surface area contributed by atoms with Crippen molar-refractivity contribution in [1.29, 1.82) is 0 Å². The van der Waals surface area contributed by atoms with Gasteiger partial charge in [-0.1, -0.05) is 22.9 Å². The average molecular weight is 288 g/mol. The first-order valence-electron chi connectivity index (χ1n) is 4.83. The van der Waals surface area contributed by atoms with E-state index in [1.165, 1.54) is 18.2 Å². The predicted octanol–water partition coefficient (Wildman–Crippen LogP) is 1.95. The van der Waals surface area contributed by atoms with Gasteiger partial charge in [0.2, 0.25) is 0 Å². The van der Waals surface area contributed by atoms with Gasteiger partial charge in [-0.3, -0.25) is 4.79 Å². The van der Waals surface area contributed by atoms with Crippen LogP contribution in [-0.4, -0.2) is 39.4 Å². The second-order valence-corrected chi connectivity index (χ2v) is 5.23. The zero-order chi connectivity index (χ0) is 12.3. The fourth-order valence-corrected chi connectivity index (χ4v) is 1.77. The lowest BCUT2D eigenvalue weighted by atomic mass is 10.2. The number of carbonyl (C=O) groups excluding carboxylic acids is 1. The molecule has 0 heterocycles. The molecule has 88 valence electrons. The molecule has 0 aliphatic heterocycles. The van der Waals surface area contributed by atoms with E-state index in [1.807, 2.05) is 6.92 Å². The van der Waals surface area contributed by atoms with Crippen LogP contribution in [-0.2, 0) is 0 Å². The van der Waals surface area contributed by atoms with Crippen molar-refractivity contribution in [2.45, 2.75) is 11.8 Å². The molecule has 0 aliphatic carbocycles. The van der Waals surface area contributed by atoms with Crippen molar-refractivity contribution in [3.05, 3.63) is 23.8 Å². The predicted molar refractivity (Wildman–Crippen MR) is 65.1 cm³/mol. The van der Waals surface area contributed by atoms with E-state index < -0.39 is 0 Å². The molecule has 1 atom stereocenters. The van der Waals surface area contributed by atoms with E-state index in [-0.39, 0.29) is 22.2 Å². The standard InChI is InChI=1S/C11H14BrNO3/c1-7(12)6-13(2)11(16)8-3-4-9(14)10(15)5-8/h3-5,7,14-15H,6H2,1-2H3. The molecular weight excluding hydrogens is 274 g/mol. The van der Waals surface area contributed by atoms with Crippen molar-refractivity contribution in [1.82, 2.24) is 4.90 Å². The van der Waals surface area contributed by atoms with Gasteiger partial charge in [0.1, 0.15) is 0 Å². The van der Waals surface area contributed by atoms with Gasteiger partial charge in [-0.25, -0.2) is 0 Å². The van der Waals surface area contributed by atoms with Crippen LogP contribution in [0.3, 0.4) is 0 Å². The van der Waals surface area contributed by atoms with Gasteiger partial charge in [-0.05, 0) is 18.2 Å². The molecule has 0 aromatic heterocycles. The molecule has 1 amide bonds. The maximum Gasteiger partial charge on any atom is 0.253 e. The van der Waals surface area contributed by atoms with E-state index in [9.17, 15) is 9.90 Å². The first-order valence-corrected chi connectivity index (χ1v) is 5.75. The molecular formula is C11H14BrNO3. The van der Waals surface area contributed by atoms with Crippen LogP contribution in [0.25, 0.3) is 0 Å². The van der Waals surface area contributed by atoms with Crippen LogP contribution in [0, 0.1) is 0 Å². The number of phenolic OH excluding ortho intramolecular Hbond substituents is 2. The van der Waals surface area contributed by atoms with Crippen molar-refractivity contribution in [3.8, 4) is 11.5 Å². The van der Waals surface area contributed by atoms with Crippen molar-refractivity contribution >= 4 is 21.8 Å². The van der Waals surface area contributed by atoms with E-state index in [4.69, 9.17) is 5.11 Å². The van der Waals surface area contributed by atoms with Gasteiger partial charge in [-0.2, -0.15) is 0 Å². The Labute approximate surface area is 103 Å². The number of halogens is 1. The molecule has 16 heavy (non-hydrogen) atoms. The number of benzene rings is 1. The van der Waals surface area contributed by atoms with E-state index in [0.717, 1.165) is 0 Å². The second-order valence-electron chi connectivity index (χ2n) is 3.67. The normalized spacial score (nSPS) is 12.2. The number of phenols is 2. The van der Waals surface area contributed by atoms with Crippen LogP contribution in [0.2, 0.25) is 0 Å². The Kier molecular flexibility index (Phi) is 4.18. The zero-order valence-electron chi connectivity index (χ0n) is 9.14. The summed E-state index contributed by atoms with van der Waals surface area (Å²) in [6, 6.07) is 4.04. The Hall–Kier alpha value is -1.23. The number of hydrogen-bond donors (Lipinski definition) is 2. The molecule has 1 aromatic rings. The molecule has 1 rings (SSSR count). The van der Waals surface area contributed by atoms with Gasteiger partial charge in [0, 0.05) is 24.0 Å². The number of carbonyl (C=O) groups is 1. The number of aromatic hydroxyl groups is 2. The third-order valence-electron chi connectivity index (χ3n) is 2.09. The molecule has 0 radical (unpaired) electrons. The van der Waals surface area contributed by atoms with Gasteiger partial charge in [0.05, 0.1) is 0 Å². The maximum absolute atomic E-state index is 11.9. The minimum atomic E-state index is -0.286. The summed E-state index contributed by atoms with van der Waals surface area (Å²) in [6.45, 7) is 2.51. The minimum Gasteiger partial charge on any atom is -0.504 e. The maximum atomic E-state index is 11.9. The molecule has 1 unspecified atom stereocenters. The van der Waals surface area contributed by atoms with Crippen molar-refractivity contribution in [2.24, 2.45) is 0 Å². The van der Waals surface area contributed by atoms with Crippen molar-refractivity contribution in [3.63, 3.8) is 0 Å². The van der Waals surface area contributed by atoms with E-state index in [0.29, 0.717) is 12.1 Å². The molecule has 0 saturated heterocycles. The lowest BCUT2D eigenvalue weighted by molar-refractivity contribution is 0.0797. The van der Waals surface area contributed by atoms with Gasteiger partial charge in [0.25, 0.3) is 5.91 Å². The lowest BCUT2D eigenvalue weighted by Gasteiger charge is -2.18. The summed E-state index contributed by atoms with van der Waals surface area (Å²) < 4.78 is 0. The van der Waals surface area contributed by atoms with E-state index in [2.05, 4.69) is 15.9 Å². The van der Waals surface area contributed by atoms with Gasteiger partial charge < -0.3 is 15.1 Å². The molecule has 5 heteroatoms. The van der Waals surface area contributed by atoms with Crippen LogP contribution in [0.4, 0.5) is 0 Å². The average Bonchev–Trinajstić information content (AvgIpc) is 2.20. The summed E-state index contributed by atoms with van der Waals surface area (Å²) in [5.74, 6) is -0.708. The van der Waals surface area contributed by atoms with Crippen LogP contribution in [0.15, 0.2) is 18.2 Å². The van der Waals surface area contributed by atoms with Crippen LogP contribution >= 0.6 is 15.9 Å². The van der Waals surface area contributed by atoms with Crippen LogP contribution in [0.1, 0.15) is 17.3 Å². The first kappa shape index (κ1) is 12.8.